The van der Waals surface area contributed by atoms with Gasteiger partial charge in [0.1, 0.15) is 0 Å². The first-order chi connectivity index (χ1) is 10.1. The van der Waals surface area contributed by atoms with Crippen molar-refractivity contribution in [2.24, 2.45) is 35.5 Å². The van der Waals surface area contributed by atoms with E-state index in [0.29, 0.717) is 18.3 Å². The molecular weight excluding hydrogens is 266 g/mol. The molecule has 0 aliphatic heterocycles. The van der Waals surface area contributed by atoms with Crippen LogP contribution in [0.1, 0.15) is 51.9 Å². The van der Waals surface area contributed by atoms with Crippen LogP contribution in [0.5, 0.6) is 0 Å². The van der Waals surface area contributed by atoms with Crippen LogP contribution in [0.25, 0.3) is 0 Å². The number of rotatable bonds is 7. The molecule has 4 nitrogen and oxygen atoms in total. The zero-order chi connectivity index (χ0) is 15.0. The second-order valence-corrected chi connectivity index (χ2v) is 7.38. The number of aliphatic carboxylic acids is 1. The molecule has 3 fully saturated rings. The van der Waals surface area contributed by atoms with E-state index < -0.39 is 11.9 Å². The highest BCUT2D eigenvalue weighted by Gasteiger charge is 2.44. The molecule has 1 amide bonds. The molecule has 0 heterocycles. The average molecular weight is 293 g/mol. The normalized spacial score (nSPS) is 32.4. The summed E-state index contributed by atoms with van der Waals surface area (Å²) in [6.45, 7) is 2.86. The van der Waals surface area contributed by atoms with Crippen molar-refractivity contribution in [3.8, 4) is 0 Å². The number of nitrogens with one attached hydrogen (secondary N) is 1. The van der Waals surface area contributed by atoms with Crippen LogP contribution >= 0.6 is 0 Å². The van der Waals surface area contributed by atoms with E-state index in [-0.39, 0.29) is 11.8 Å². The van der Waals surface area contributed by atoms with Crippen LogP contribution in [0.4, 0.5) is 0 Å². The predicted octanol–water partition coefficient (Wildman–Crippen LogP) is 2.68. The minimum Gasteiger partial charge on any atom is -0.481 e. The Morgan fingerprint density at radius 2 is 1.67 bits per heavy atom. The van der Waals surface area contributed by atoms with Crippen molar-refractivity contribution in [3.63, 3.8) is 0 Å². The maximum absolute atomic E-state index is 12.4. The molecule has 0 aromatic rings. The fraction of sp³-hybridized carbons (Fsp3) is 0.882. The molecule has 3 aliphatic carbocycles. The van der Waals surface area contributed by atoms with Crippen LogP contribution in [0.2, 0.25) is 0 Å². The van der Waals surface area contributed by atoms with E-state index in [1.807, 2.05) is 0 Å². The quantitative estimate of drug-likeness (QED) is 0.758. The van der Waals surface area contributed by atoms with E-state index in [2.05, 4.69) is 12.2 Å². The van der Waals surface area contributed by atoms with Crippen molar-refractivity contribution in [2.75, 3.05) is 6.54 Å². The summed E-state index contributed by atoms with van der Waals surface area (Å²) in [6, 6.07) is 0. The molecule has 3 saturated carbocycles. The lowest BCUT2D eigenvalue weighted by Gasteiger charge is -2.20. The highest BCUT2D eigenvalue weighted by Crippen LogP contribution is 2.49. The molecule has 118 valence electrons. The molecule has 21 heavy (non-hydrogen) atoms. The Hall–Kier alpha value is -1.06. The Balaban J connectivity index is 1.54. The van der Waals surface area contributed by atoms with Crippen LogP contribution in [0.3, 0.4) is 0 Å². The van der Waals surface area contributed by atoms with Gasteiger partial charge in [-0.05, 0) is 62.2 Å². The van der Waals surface area contributed by atoms with Crippen molar-refractivity contribution in [1.82, 2.24) is 5.32 Å². The molecule has 4 heteroatoms. The fourth-order valence-electron chi connectivity index (χ4n) is 4.16. The minimum absolute atomic E-state index is 0.00958. The van der Waals surface area contributed by atoms with Crippen LogP contribution in [-0.2, 0) is 9.59 Å². The van der Waals surface area contributed by atoms with Gasteiger partial charge in [0.2, 0.25) is 5.91 Å². The number of carboxylic acids is 1. The van der Waals surface area contributed by atoms with Gasteiger partial charge in [-0.15, -0.1) is 0 Å². The van der Waals surface area contributed by atoms with E-state index >= 15 is 0 Å². The summed E-state index contributed by atoms with van der Waals surface area (Å²) in [5.41, 5.74) is 0. The summed E-state index contributed by atoms with van der Waals surface area (Å²) < 4.78 is 0. The molecular formula is C17H27NO3. The fourth-order valence-corrected chi connectivity index (χ4v) is 4.16. The highest BCUT2D eigenvalue weighted by molar-refractivity contribution is 5.85. The van der Waals surface area contributed by atoms with E-state index in [0.717, 1.165) is 31.2 Å². The molecule has 0 aromatic carbocycles. The van der Waals surface area contributed by atoms with Crippen molar-refractivity contribution in [2.45, 2.75) is 51.9 Å². The van der Waals surface area contributed by atoms with E-state index in [1.165, 1.54) is 25.7 Å². The third-order valence-corrected chi connectivity index (χ3v) is 5.86. The first-order valence-electron chi connectivity index (χ1n) is 8.60. The number of hydrogen-bond acceptors (Lipinski definition) is 2. The standard InChI is InChI=1S/C17H27NO3/c1-2-10-7-13(14(8-10)17(20)21)16(19)18-9-15(11-3-4-11)12-5-6-12/h10-15H,2-9H2,1H3,(H,18,19)(H,20,21)/t10?,13-,14+/m0/s1. The predicted molar refractivity (Wildman–Crippen MR) is 79.6 cm³/mol. The number of amides is 1. The molecule has 0 bridgehead atoms. The Morgan fingerprint density at radius 3 is 2.14 bits per heavy atom. The smallest absolute Gasteiger partial charge is 0.307 e. The van der Waals surface area contributed by atoms with Gasteiger partial charge in [0.25, 0.3) is 0 Å². The first-order valence-corrected chi connectivity index (χ1v) is 8.60. The summed E-state index contributed by atoms with van der Waals surface area (Å²) in [6.07, 6.45) is 7.65. The summed E-state index contributed by atoms with van der Waals surface area (Å²) in [4.78, 5) is 23.8. The van der Waals surface area contributed by atoms with Crippen molar-refractivity contribution in [3.05, 3.63) is 0 Å². The molecule has 0 radical (unpaired) electrons. The monoisotopic (exact) mass is 293 g/mol. The first kappa shape index (κ1) is 14.9. The maximum Gasteiger partial charge on any atom is 0.307 e. The zero-order valence-electron chi connectivity index (χ0n) is 12.9. The largest absolute Gasteiger partial charge is 0.481 e. The Kier molecular flexibility index (Phi) is 4.23. The summed E-state index contributed by atoms with van der Waals surface area (Å²) in [5, 5.41) is 12.4. The number of carboxylic acid groups (broad SMARTS) is 1. The lowest BCUT2D eigenvalue weighted by Crippen LogP contribution is -2.38. The second-order valence-electron chi connectivity index (χ2n) is 7.38. The summed E-state index contributed by atoms with van der Waals surface area (Å²) in [7, 11) is 0. The van der Waals surface area contributed by atoms with Gasteiger partial charge in [-0.1, -0.05) is 13.3 Å². The lowest BCUT2D eigenvalue weighted by molar-refractivity contribution is -0.146. The molecule has 0 saturated heterocycles. The molecule has 0 spiro atoms. The molecule has 2 N–H and O–H groups in total. The van der Waals surface area contributed by atoms with Gasteiger partial charge in [-0.25, -0.2) is 0 Å². The SMILES string of the molecule is CCC1C[C@H](C(=O)NCC(C2CC2)C2CC2)[C@H](C(=O)O)C1. The van der Waals surface area contributed by atoms with E-state index in [9.17, 15) is 14.7 Å². The number of carbonyl (C=O) groups excluding carboxylic acids is 1. The van der Waals surface area contributed by atoms with Gasteiger partial charge in [-0.3, -0.25) is 9.59 Å². The van der Waals surface area contributed by atoms with Gasteiger partial charge < -0.3 is 10.4 Å². The molecule has 3 aliphatic rings. The topological polar surface area (TPSA) is 66.4 Å². The van der Waals surface area contributed by atoms with E-state index in [1.54, 1.807) is 0 Å². The number of hydrogen-bond donors (Lipinski definition) is 2. The number of carbonyl (C=O) groups is 2. The highest BCUT2D eigenvalue weighted by atomic mass is 16.4. The van der Waals surface area contributed by atoms with Crippen molar-refractivity contribution in [1.29, 1.82) is 0 Å². The molecule has 3 atom stereocenters. The third-order valence-electron chi connectivity index (χ3n) is 5.86. The third kappa shape index (κ3) is 3.41. The van der Waals surface area contributed by atoms with Gasteiger partial charge in [0, 0.05) is 6.54 Å². The minimum atomic E-state index is -0.799. The van der Waals surface area contributed by atoms with Gasteiger partial charge in [-0.2, -0.15) is 0 Å². The Bertz CT molecular complexity index is 402. The van der Waals surface area contributed by atoms with Crippen LogP contribution in [-0.4, -0.2) is 23.5 Å². The van der Waals surface area contributed by atoms with Gasteiger partial charge in [0.05, 0.1) is 11.8 Å². The van der Waals surface area contributed by atoms with Crippen molar-refractivity contribution >= 4 is 11.9 Å². The van der Waals surface area contributed by atoms with Gasteiger partial charge >= 0.3 is 5.97 Å². The van der Waals surface area contributed by atoms with E-state index in [4.69, 9.17) is 0 Å². The zero-order valence-corrected chi connectivity index (χ0v) is 12.9. The van der Waals surface area contributed by atoms with Crippen LogP contribution in [0.15, 0.2) is 0 Å². The van der Waals surface area contributed by atoms with Crippen molar-refractivity contribution < 1.29 is 14.7 Å². The van der Waals surface area contributed by atoms with Crippen LogP contribution in [0, 0.1) is 35.5 Å². The summed E-state index contributed by atoms with van der Waals surface area (Å²) in [5.74, 6) is 1.09. The summed E-state index contributed by atoms with van der Waals surface area (Å²) >= 11 is 0. The average Bonchev–Trinajstić information content (AvgIpc) is 3.37. The van der Waals surface area contributed by atoms with Gasteiger partial charge in [0.15, 0.2) is 0 Å². The lowest BCUT2D eigenvalue weighted by atomic mass is 9.94. The molecule has 1 unspecified atom stereocenters. The Labute approximate surface area is 126 Å². The molecule has 3 rings (SSSR count). The Morgan fingerprint density at radius 1 is 1.10 bits per heavy atom. The maximum atomic E-state index is 12.4. The van der Waals surface area contributed by atoms with Crippen LogP contribution < -0.4 is 5.32 Å². The molecule has 0 aromatic heterocycles. The second kappa shape index (κ2) is 5.98.